The Kier molecular flexibility index (Phi) is 4.14. The van der Waals surface area contributed by atoms with Gasteiger partial charge in [0.25, 0.3) is 5.91 Å². The molecule has 92 valence electrons. The first kappa shape index (κ1) is 12.8. The molecule has 5 heteroatoms. The lowest BCUT2D eigenvalue weighted by Crippen LogP contribution is -2.29. The maximum absolute atomic E-state index is 11.9. The third-order valence-corrected chi connectivity index (χ3v) is 3.29. The molecule has 0 fully saturated rings. The van der Waals surface area contributed by atoms with E-state index >= 15 is 0 Å². The minimum Gasteiger partial charge on any atom is -0.297 e. The number of hydrogen-bond acceptors (Lipinski definition) is 3. The Morgan fingerprint density at radius 3 is 2.67 bits per heavy atom. The molecule has 0 aliphatic rings. The average Bonchev–Trinajstić information content (AvgIpc) is 2.38. The van der Waals surface area contributed by atoms with Gasteiger partial charge in [0, 0.05) is 9.26 Å². The van der Waals surface area contributed by atoms with E-state index in [1.807, 2.05) is 37.3 Å². The number of halogens is 1. The number of nitrogens with zero attached hydrogens (tertiary/aromatic N) is 1. The van der Waals surface area contributed by atoms with Crippen LogP contribution in [0.15, 0.2) is 42.6 Å². The molecule has 2 rings (SSSR count). The SMILES string of the molecule is Cc1ccc(NNC(=O)c2ccccc2I)cn1. The number of nitrogens with one attached hydrogen (secondary N) is 2. The smallest absolute Gasteiger partial charge is 0.270 e. The Balaban J connectivity index is 2.01. The number of aryl methyl sites for hydroxylation is 1. The van der Waals surface area contributed by atoms with Gasteiger partial charge < -0.3 is 0 Å². The van der Waals surface area contributed by atoms with E-state index in [1.54, 1.807) is 12.3 Å². The highest BCUT2D eigenvalue weighted by molar-refractivity contribution is 14.1. The van der Waals surface area contributed by atoms with Crippen LogP contribution in [0.2, 0.25) is 0 Å². The summed E-state index contributed by atoms with van der Waals surface area (Å²) in [6.45, 7) is 1.91. The predicted molar refractivity (Wildman–Crippen MR) is 79.2 cm³/mol. The van der Waals surface area contributed by atoms with Crippen molar-refractivity contribution in [1.82, 2.24) is 10.4 Å². The van der Waals surface area contributed by atoms with Gasteiger partial charge in [0.15, 0.2) is 0 Å². The molecule has 0 saturated carbocycles. The maximum Gasteiger partial charge on any atom is 0.270 e. The molecule has 0 saturated heterocycles. The summed E-state index contributed by atoms with van der Waals surface area (Å²) in [6, 6.07) is 11.1. The van der Waals surface area contributed by atoms with Gasteiger partial charge >= 0.3 is 0 Å². The molecule has 0 atom stereocenters. The highest BCUT2D eigenvalue weighted by Crippen LogP contribution is 2.11. The van der Waals surface area contributed by atoms with Crippen LogP contribution < -0.4 is 10.9 Å². The molecule has 0 spiro atoms. The Morgan fingerprint density at radius 1 is 1.22 bits per heavy atom. The zero-order valence-corrected chi connectivity index (χ0v) is 11.9. The highest BCUT2D eigenvalue weighted by atomic mass is 127. The lowest BCUT2D eigenvalue weighted by atomic mass is 10.2. The van der Waals surface area contributed by atoms with Crippen LogP contribution in [0.1, 0.15) is 16.1 Å². The second kappa shape index (κ2) is 5.81. The number of carbonyl (C=O) groups excluding carboxylic acids is 1. The van der Waals surface area contributed by atoms with Crippen LogP contribution in [-0.4, -0.2) is 10.9 Å². The fraction of sp³-hybridized carbons (Fsp3) is 0.0769. The lowest BCUT2D eigenvalue weighted by molar-refractivity contribution is 0.0962. The van der Waals surface area contributed by atoms with Gasteiger partial charge in [-0.1, -0.05) is 12.1 Å². The summed E-state index contributed by atoms with van der Waals surface area (Å²) in [4.78, 5) is 16.0. The molecule has 0 bridgehead atoms. The van der Waals surface area contributed by atoms with Crippen molar-refractivity contribution in [3.05, 3.63) is 57.4 Å². The minimum atomic E-state index is -0.166. The van der Waals surface area contributed by atoms with E-state index < -0.39 is 0 Å². The largest absolute Gasteiger partial charge is 0.297 e. The van der Waals surface area contributed by atoms with Crippen LogP contribution in [0, 0.1) is 10.5 Å². The third kappa shape index (κ3) is 3.19. The first-order chi connectivity index (χ1) is 8.66. The van der Waals surface area contributed by atoms with E-state index in [4.69, 9.17) is 0 Å². The van der Waals surface area contributed by atoms with Crippen LogP contribution in [0.25, 0.3) is 0 Å². The summed E-state index contributed by atoms with van der Waals surface area (Å²) < 4.78 is 0.913. The number of pyridine rings is 1. The van der Waals surface area contributed by atoms with Crippen LogP contribution in [0.5, 0.6) is 0 Å². The van der Waals surface area contributed by atoms with Crippen molar-refractivity contribution in [1.29, 1.82) is 0 Å². The number of rotatable bonds is 3. The van der Waals surface area contributed by atoms with Gasteiger partial charge in [-0.25, -0.2) is 0 Å². The second-order valence-corrected chi connectivity index (χ2v) is 4.91. The summed E-state index contributed by atoms with van der Waals surface area (Å²) in [5.41, 5.74) is 7.80. The Bertz CT molecular complexity index is 554. The number of carbonyl (C=O) groups is 1. The molecule has 1 aromatic carbocycles. The van der Waals surface area contributed by atoms with E-state index in [1.165, 1.54) is 0 Å². The molecule has 4 nitrogen and oxygen atoms in total. The van der Waals surface area contributed by atoms with Crippen molar-refractivity contribution in [2.45, 2.75) is 6.92 Å². The lowest BCUT2D eigenvalue weighted by Gasteiger charge is -2.09. The number of anilines is 1. The molecule has 2 aromatic rings. The number of amides is 1. The maximum atomic E-state index is 11.9. The van der Waals surface area contributed by atoms with Gasteiger partial charge in [0.2, 0.25) is 0 Å². The molecule has 1 amide bonds. The summed E-state index contributed by atoms with van der Waals surface area (Å²) >= 11 is 2.13. The van der Waals surface area contributed by atoms with Crippen LogP contribution >= 0.6 is 22.6 Å². The first-order valence-corrected chi connectivity index (χ1v) is 6.48. The van der Waals surface area contributed by atoms with Crippen molar-refractivity contribution in [3.8, 4) is 0 Å². The van der Waals surface area contributed by atoms with E-state index in [2.05, 4.69) is 38.4 Å². The number of hydrazine groups is 1. The van der Waals surface area contributed by atoms with Gasteiger partial charge in [-0.3, -0.25) is 20.6 Å². The molecule has 18 heavy (non-hydrogen) atoms. The predicted octanol–water partition coefficient (Wildman–Crippen LogP) is 2.75. The molecular formula is C13H12IN3O. The van der Waals surface area contributed by atoms with Crippen LogP contribution in [-0.2, 0) is 0 Å². The van der Waals surface area contributed by atoms with Crippen molar-refractivity contribution in [3.63, 3.8) is 0 Å². The van der Waals surface area contributed by atoms with Gasteiger partial charge in [0.05, 0.1) is 17.4 Å². The quantitative estimate of drug-likeness (QED) is 0.659. The number of benzene rings is 1. The van der Waals surface area contributed by atoms with E-state index in [0.717, 1.165) is 15.0 Å². The molecule has 1 aromatic heterocycles. The Labute approximate surface area is 119 Å². The number of hydrogen-bond donors (Lipinski definition) is 2. The molecule has 2 N–H and O–H groups in total. The molecule has 1 heterocycles. The molecule has 0 unspecified atom stereocenters. The molecule has 0 radical (unpaired) electrons. The standard InChI is InChI=1S/C13H12IN3O/c1-9-6-7-10(8-15-9)16-17-13(18)11-4-2-3-5-12(11)14/h2-8,16H,1H3,(H,17,18). The van der Waals surface area contributed by atoms with Crippen molar-refractivity contribution < 1.29 is 4.79 Å². The van der Waals surface area contributed by atoms with Crippen molar-refractivity contribution in [2.24, 2.45) is 0 Å². The minimum absolute atomic E-state index is 0.166. The third-order valence-electron chi connectivity index (χ3n) is 2.35. The van der Waals surface area contributed by atoms with E-state index in [-0.39, 0.29) is 5.91 Å². The monoisotopic (exact) mass is 353 g/mol. The van der Waals surface area contributed by atoms with E-state index in [9.17, 15) is 4.79 Å². The summed E-state index contributed by atoms with van der Waals surface area (Å²) in [7, 11) is 0. The Morgan fingerprint density at radius 2 is 2.00 bits per heavy atom. The summed E-state index contributed by atoms with van der Waals surface area (Å²) in [5.74, 6) is -0.166. The topological polar surface area (TPSA) is 54.0 Å². The second-order valence-electron chi connectivity index (χ2n) is 3.75. The van der Waals surface area contributed by atoms with Gasteiger partial charge in [0.1, 0.15) is 0 Å². The molecule has 0 aliphatic carbocycles. The Hall–Kier alpha value is -1.63. The van der Waals surface area contributed by atoms with Crippen molar-refractivity contribution >= 4 is 34.2 Å². The summed E-state index contributed by atoms with van der Waals surface area (Å²) in [6.07, 6.45) is 1.67. The molecule has 0 aliphatic heterocycles. The van der Waals surface area contributed by atoms with Gasteiger partial charge in [-0.05, 0) is 53.8 Å². The van der Waals surface area contributed by atoms with Crippen molar-refractivity contribution in [2.75, 3.05) is 5.43 Å². The highest BCUT2D eigenvalue weighted by Gasteiger charge is 2.08. The average molecular weight is 353 g/mol. The zero-order valence-electron chi connectivity index (χ0n) is 9.77. The fourth-order valence-electron chi connectivity index (χ4n) is 1.38. The number of aromatic nitrogens is 1. The van der Waals surface area contributed by atoms with Gasteiger partial charge in [-0.15, -0.1) is 0 Å². The first-order valence-electron chi connectivity index (χ1n) is 5.40. The van der Waals surface area contributed by atoms with E-state index in [0.29, 0.717) is 5.56 Å². The summed E-state index contributed by atoms with van der Waals surface area (Å²) in [5, 5.41) is 0. The zero-order chi connectivity index (χ0) is 13.0. The van der Waals surface area contributed by atoms with Crippen LogP contribution in [0.4, 0.5) is 5.69 Å². The fourth-order valence-corrected chi connectivity index (χ4v) is 2.02. The van der Waals surface area contributed by atoms with Gasteiger partial charge in [-0.2, -0.15) is 0 Å². The normalized spacial score (nSPS) is 9.89. The molecular weight excluding hydrogens is 341 g/mol. The van der Waals surface area contributed by atoms with Crippen LogP contribution in [0.3, 0.4) is 0 Å².